The van der Waals surface area contributed by atoms with Crippen molar-refractivity contribution in [3.05, 3.63) is 63.8 Å². The number of alkyl halides is 3. The number of ether oxygens (including phenoxy) is 1. The van der Waals surface area contributed by atoms with Crippen LogP contribution in [-0.4, -0.2) is 47.1 Å². The highest BCUT2D eigenvalue weighted by molar-refractivity contribution is 7.13. The molecule has 1 aromatic carbocycles. The number of carbonyl (C=O) groups is 1. The van der Waals surface area contributed by atoms with Crippen LogP contribution in [-0.2, 0) is 28.7 Å². The van der Waals surface area contributed by atoms with E-state index >= 15 is 0 Å². The van der Waals surface area contributed by atoms with Gasteiger partial charge in [-0.3, -0.25) is 9.69 Å². The van der Waals surface area contributed by atoms with Crippen LogP contribution < -0.4 is 5.32 Å². The molecule has 0 atom stereocenters. The van der Waals surface area contributed by atoms with E-state index in [2.05, 4.69) is 32.3 Å². The number of pyridine rings is 1. The first kappa shape index (κ1) is 23.6. The van der Waals surface area contributed by atoms with Gasteiger partial charge >= 0.3 is 6.18 Å². The number of carbonyl (C=O) groups excluding carboxylic acids is 1. The number of aromatic nitrogens is 2. The largest absolute Gasteiger partial charge is 0.417 e. The minimum Gasteiger partial charge on any atom is -0.379 e. The lowest BCUT2D eigenvalue weighted by Crippen LogP contribution is -2.35. The smallest absolute Gasteiger partial charge is 0.379 e. The number of nitrogens with zero attached hydrogens (tertiary/aromatic N) is 3. The van der Waals surface area contributed by atoms with E-state index in [1.165, 1.54) is 16.9 Å². The first-order chi connectivity index (χ1) is 15.8. The Bertz CT molecular complexity index is 1130. The molecule has 0 radical (unpaired) electrons. The van der Waals surface area contributed by atoms with E-state index in [4.69, 9.17) is 16.3 Å². The van der Waals surface area contributed by atoms with Crippen LogP contribution in [0.4, 0.5) is 19.0 Å². The average Bonchev–Trinajstić information content (AvgIpc) is 3.24. The summed E-state index contributed by atoms with van der Waals surface area (Å²) < 4.78 is 43.6. The highest BCUT2D eigenvalue weighted by atomic mass is 35.5. The van der Waals surface area contributed by atoms with Crippen molar-refractivity contribution in [2.24, 2.45) is 0 Å². The fourth-order valence-corrected chi connectivity index (χ4v) is 4.40. The number of benzene rings is 1. The van der Waals surface area contributed by atoms with Crippen molar-refractivity contribution in [2.75, 3.05) is 31.6 Å². The topological polar surface area (TPSA) is 67.4 Å². The summed E-state index contributed by atoms with van der Waals surface area (Å²) in [6.07, 6.45) is -3.98. The van der Waals surface area contributed by atoms with E-state index in [1.807, 2.05) is 12.1 Å². The van der Waals surface area contributed by atoms with E-state index in [9.17, 15) is 18.0 Å². The van der Waals surface area contributed by atoms with Crippen LogP contribution in [0.5, 0.6) is 0 Å². The van der Waals surface area contributed by atoms with Crippen molar-refractivity contribution in [1.82, 2.24) is 14.9 Å². The number of thiazole rings is 1. The summed E-state index contributed by atoms with van der Waals surface area (Å²) in [6, 6.07) is 8.84. The molecule has 1 N–H and O–H groups in total. The third-order valence-electron chi connectivity index (χ3n) is 5.00. The van der Waals surface area contributed by atoms with Gasteiger partial charge in [0.2, 0.25) is 5.91 Å². The summed E-state index contributed by atoms with van der Waals surface area (Å²) in [5.41, 5.74) is 1.70. The van der Waals surface area contributed by atoms with Crippen LogP contribution in [0.25, 0.3) is 10.6 Å². The average molecular weight is 497 g/mol. The summed E-state index contributed by atoms with van der Waals surface area (Å²) in [6.45, 7) is 4.12. The molecule has 1 aliphatic heterocycles. The third kappa shape index (κ3) is 6.29. The Kier molecular flexibility index (Phi) is 7.28. The van der Waals surface area contributed by atoms with Crippen LogP contribution in [0, 0.1) is 0 Å². The molecule has 1 amide bonds. The number of anilines is 1. The van der Waals surface area contributed by atoms with Crippen LogP contribution in [0.1, 0.15) is 16.8 Å². The second-order valence-electron chi connectivity index (χ2n) is 7.51. The van der Waals surface area contributed by atoms with Gasteiger partial charge in [0.05, 0.1) is 35.9 Å². The molecule has 1 saturated heterocycles. The Hall–Kier alpha value is -2.53. The Morgan fingerprint density at radius 3 is 2.76 bits per heavy atom. The lowest BCUT2D eigenvalue weighted by molar-refractivity contribution is -0.137. The zero-order valence-electron chi connectivity index (χ0n) is 17.4. The molecule has 0 unspecified atom stereocenters. The van der Waals surface area contributed by atoms with Crippen molar-refractivity contribution in [2.45, 2.75) is 19.1 Å². The normalized spacial score (nSPS) is 14.9. The van der Waals surface area contributed by atoms with Crippen molar-refractivity contribution in [1.29, 1.82) is 0 Å². The maximum absolute atomic E-state index is 12.7. The van der Waals surface area contributed by atoms with Crippen molar-refractivity contribution in [3.63, 3.8) is 0 Å². The van der Waals surface area contributed by atoms with E-state index in [-0.39, 0.29) is 17.3 Å². The molecular weight excluding hydrogens is 477 g/mol. The first-order valence-corrected chi connectivity index (χ1v) is 11.4. The number of morpholine rings is 1. The molecule has 2 aromatic heterocycles. The van der Waals surface area contributed by atoms with Crippen LogP contribution >= 0.6 is 22.9 Å². The fourth-order valence-electron chi connectivity index (χ4n) is 3.37. The molecule has 33 heavy (non-hydrogen) atoms. The van der Waals surface area contributed by atoms with E-state index in [0.29, 0.717) is 11.9 Å². The molecule has 0 spiro atoms. The minimum atomic E-state index is -4.56. The SMILES string of the molecule is O=C(Cc1csc(-c2cccc(CN3CCOCC3)c2)n1)Nc1ncc(C(F)(F)F)cc1Cl. The molecule has 3 aromatic rings. The van der Waals surface area contributed by atoms with Gasteiger partial charge in [0.15, 0.2) is 5.82 Å². The fraction of sp³-hybridized carbons (Fsp3) is 0.318. The monoisotopic (exact) mass is 496 g/mol. The van der Waals surface area contributed by atoms with Crippen molar-refractivity contribution in [3.8, 4) is 10.6 Å². The Morgan fingerprint density at radius 1 is 1.24 bits per heavy atom. The predicted octanol–water partition coefficient (Wildman–Crippen LogP) is 4.89. The molecule has 1 aliphatic rings. The van der Waals surface area contributed by atoms with E-state index in [0.717, 1.165) is 49.5 Å². The number of hydrogen-bond donors (Lipinski definition) is 1. The van der Waals surface area contributed by atoms with Gasteiger partial charge in [-0.1, -0.05) is 29.8 Å². The lowest BCUT2D eigenvalue weighted by atomic mass is 10.1. The van der Waals surface area contributed by atoms with Gasteiger partial charge in [0, 0.05) is 36.8 Å². The Balaban J connectivity index is 1.39. The number of rotatable bonds is 6. The van der Waals surface area contributed by atoms with Gasteiger partial charge in [-0.05, 0) is 17.7 Å². The van der Waals surface area contributed by atoms with Crippen LogP contribution in [0.2, 0.25) is 5.02 Å². The zero-order valence-corrected chi connectivity index (χ0v) is 18.9. The first-order valence-electron chi connectivity index (χ1n) is 10.1. The Morgan fingerprint density at radius 2 is 2.03 bits per heavy atom. The quantitative estimate of drug-likeness (QED) is 0.526. The molecule has 0 saturated carbocycles. The van der Waals surface area contributed by atoms with Gasteiger partial charge in [-0.15, -0.1) is 11.3 Å². The van der Waals surface area contributed by atoms with Gasteiger partial charge in [0.25, 0.3) is 0 Å². The Labute approximate surface area is 197 Å². The summed E-state index contributed by atoms with van der Waals surface area (Å²) in [5, 5.41) is 4.73. The van der Waals surface area contributed by atoms with Crippen LogP contribution in [0.15, 0.2) is 41.9 Å². The second kappa shape index (κ2) is 10.2. The molecule has 174 valence electrons. The maximum atomic E-state index is 12.7. The van der Waals surface area contributed by atoms with Crippen molar-refractivity contribution < 1.29 is 22.7 Å². The summed E-state index contributed by atoms with van der Waals surface area (Å²) >= 11 is 7.27. The van der Waals surface area contributed by atoms with Crippen LogP contribution in [0.3, 0.4) is 0 Å². The summed E-state index contributed by atoms with van der Waals surface area (Å²) in [7, 11) is 0. The zero-order chi connectivity index (χ0) is 23.4. The highest BCUT2D eigenvalue weighted by Gasteiger charge is 2.31. The lowest BCUT2D eigenvalue weighted by Gasteiger charge is -2.26. The van der Waals surface area contributed by atoms with Gasteiger partial charge in [-0.25, -0.2) is 9.97 Å². The molecule has 6 nitrogen and oxygen atoms in total. The molecule has 3 heterocycles. The third-order valence-corrected chi connectivity index (χ3v) is 6.23. The second-order valence-corrected chi connectivity index (χ2v) is 8.78. The van der Waals surface area contributed by atoms with Gasteiger partial charge in [-0.2, -0.15) is 13.2 Å². The molecular formula is C22H20ClF3N4O2S. The summed E-state index contributed by atoms with van der Waals surface area (Å²) in [5.74, 6) is -0.594. The van der Waals surface area contributed by atoms with Gasteiger partial charge < -0.3 is 10.1 Å². The number of halogens is 4. The van der Waals surface area contributed by atoms with E-state index in [1.54, 1.807) is 5.38 Å². The highest BCUT2D eigenvalue weighted by Crippen LogP contribution is 2.32. The molecule has 11 heteroatoms. The standard InChI is InChI=1S/C22H20ClF3N4O2S/c23-18-9-16(22(24,25)26)11-27-20(18)29-19(31)10-17-13-33-21(28-17)15-3-1-2-14(8-15)12-30-4-6-32-7-5-30/h1-3,8-9,11,13H,4-7,10,12H2,(H,27,29,31). The number of amides is 1. The van der Waals surface area contributed by atoms with E-state index < -0.39 is 17.6 Å². The maximum Gasteiger partial charge on any atom is 0.417 e. The summed E-state index contributed by atoms with van der Waals surface area (Å²) in [4.78, 5) is 22.9. The number of nitrogens with one attached hydrogen (secondary N) is 1. The van der Waals surface area contributed by atoms with Gasteiger partial charge in [0.1, 0.15) is 5.01 Å². The predicted molar refractivity (Wildman–Crippen MR) is 120 cm³/mol. The molecule has 0 aliphatic carbocycles. The molecule has 1 fully saturated rings. The molecule has 0 bridgehead atoms. The molecule has 4 rings (SSSR count). The number of hydrogen-bond acceptors (Lipinski definition) is 6. The minimum absolute atomic E-state index is 0.0526. The van der Waals surface area contributed by atoms with Crippen molar-refractivity contribution >= 4 is 34.7 Å².